The van der Waals surface area contributed by atoms with E-state index in [2.05, 4.69) is 5.32 Å². The van der Waals surface area contributed by atoms with Gasteiger partial charge in [0, 0.05) is 19.0 Å². The Hall–Kier alpha value is -4.83. The minimum atomic E-state index is -3.90. The Morgan fingerprint density at radius 2 is 1.43 bits per heavy atom. The molecule has 248 valence electrons. The molecule has 0 aliphatic carbocycles. The zero-order valence-corrected chi connectivity index (χ0v) is 28.2. The van der Waals surface area contributed by atoms with Crippen LogP contribution in [0.2, 0.25) is 0 Å². The quantitative estimate of drug-likeness (QED) is 0.168. The lowest BCUT2D eigenvalue weighted by molar-refractivity contribution is -0.140. The third kappa shape index (κ3) is 10.3. The summed E-state index contributed by atoms with van der Waals surface area (Å²) in [6.45, 7) is 3.79. The van der Waals surface area contributed by atoms with Gasteiger partial charge >= 0.3 is 0 Å². The third-order valence-corrected chi connectivity index (χ3v) is 8.95. The Balaban J connectivity index is 1.66. The van der Waals surface area contributed by atoms with Crippen LogP contribution in [-0.2, 0) is 39.2 Å². The van der Waals surface area contributed by atoms with E-state index in [1.165, 1.54) is 4.90 Å². The molecule has 1 N–H and O–H groups in total. The molecule has 0 saturated heterocycles. The number of sulfonamides is 1. The van der Waals surface area contributed by atoms with Gasteiger partial charge in [-0.25, -0.2) is 8.42 Å². The maximum atomic E-state index is 14.3. The van der Waals surface area contributed by atoms with Gasteiger partial charge in [0.05, 0.1) is 19.1 Å². The minimum absolute atomic E-state index is 0.0608. The maximum absolute atomic E-state index is 14.3. The normalized spacial score (nSPS) is 12.4. The Bertz CT molecular complexity index is 1700. The van der Waals surface area contributed by atoms with Crippen LogP contribution in [0, 0.1) is 0 Å². The number of hydrogen-bond acceptors (Lipinski definition) is 6. The first kappa shape index (κ1) is 35.0. The molecule has 0 fully saturated rings. The molecular weight excluding hydrogens is 614 g/mol. The summed E-state index contributed by atoms with van der Waals surface area (Å²) in [6, 6.07) is 31.9. The van der Waals surface area contributed by atoms with Crippen molar-refractivity contribution in [3.05, 3.63) is 126 Å². The van der Waals surface area contributed by atoms with Crippen LogP contribution in [0.4, 0.5) is 5.69 Å². The van der Waals surface area contributed by atoms with Gasteiger partial charge in [-0.2, -0.15) is 0 Å². The van der Waals surface area contributed by atoms with Crippen molar-refractivity contribution in [2.45, 2.75) is 51.9 Å². The summed E-state index contributed by atoms with van der Waals surface area (Å²) in [5.74, 6) is 0.320. The fourth-order valence-corrected chi connectivity index (χ4v) is 5.88. The van der Waals surface area contributed by atoms with Crippen molar-refractivity contribution in [1.82, 2.24) is 10.2 Å². The standard InChI is InChI=1S/C37H43N3O6S/c1-5-28(2)38-37(42)35(24-29-13-8-6-9-14-29)39(25-31-17-12-18-34(23-31)45-3)36(41)26-40(47(4,43)44)32-19-21-33(22-20-32)46-27-30-15-10-7-11-16-30/h6-23,28,35H,5,24-27H2,1-4H3,(H,38,42)/t28-,35-/m0/s1. The van der Waals surface area contributed by atoms with Gasteiger partial charge < -0.3 is 19.7 Å². The lowest BCUT2D eigenvalue weighted by Crippen LogP contribution is -2.54. The van der Waals surface area contributed by atoms with E-state index in [-0.39, 0.29) is 24.9 Å². The van der Waals surface area contributed by atoms with Crippen molar-refractivity contribution in [3.63, 3.8) is 0 Å². The molecule has 4 rings (SSSR count). The number of carbonyl (C=O) groups excluding carboxylic acids is 2. The number of benzene rings is 4. The van der Waals surface area contributed by atoms with Crippen molar-refractivity contribution < 1.29 is 27.5 Å². The molecule has 0 aromatic heterocycles. The van der Waals surface area contributed by atoms with Crippen molar-refractivity contribution in [3.8, 4) is 11.5 Å². The van der Waals surface area contributed by atoms with Crippen molar-refractivity contribution in [2.75, 3.05) is 24.2 Å². The summed E-state index contributed by atoms with van der Waals surface area (Å²) in [4.78, 5) is 29.7. The van der Waals surface area contributed by atoms with Crippen LogP contribution >= 0.6 is 0 Å². The highest BCUT2D eigenvalue weighted by Gasteiger charge is 2.33. The molecule has 4 aromatic carbocycles. The number of anilines is 1. The van der Waals surface area contributed by atoms with E-state index >= 15 is 0 Å². The van der Waals surface area contributed by atoms with Crippen LogP contribution in [0.5, 0.6) is 11.5 Å². The molecule has 0 aliphatic heterocycles. The van der Waals surface area contributed by atoms with Crippen molar-refractivity contribution >= 4 is 27.5 Å². The SMILES string of the molecule is CC[C@H](C)NC(=O)[C@H](Cc1ccccc1)N(Cc1cccc(OC)c1)C(=O)CN(c1ccc(OCc2ccccc2)cc1)S(C)(=O)=O. The highest BCUT2D eigenvalue weighted by atomic mass is 32.2. The van der Waals surface area contributed by atoms with Gasteiger partial charge in [0.2, 0.25) is 21.8 Å². The summed E-state index contributed by atoms with van der Waals surface area (Å²) in [5, 5.41) is 3.04. The molecule has 0 saturated carbocycles. The largest absolute Gasteiger partial charge is 0.497 e. The second-order valence-corrected chi connectivity index (χ2v) is 13.3. The van der Waals surface area contributed by atoms with E-state index in [9.17, 15) is 18.0 Å². The summed E-state index contributed by atoms with van der Waals surface area (Å²) in [7, 11) is -2.34. The summed E-state index contributed by atoms with van der Waals surface area (Å²) in [5.41, 5.74) is 2.90. The van der Waals surface area contributed by atoms with Crippen LogP contribution in [-0.4, -0.2) is 57.1 Å². The van der Waals surface area contributed by atoms with Gasteiger partial charge in [-0.1, -0.05) is 79.7 Å². The molecule has 47 heavy (non-hydrogen) atoms. The smallest absolute Gasteiger partial charge is 0.244 e. The molecule has 2 amide bonds. The zero-order valence-electron chi connectivity index (χ0n) is 27.3. The van der Waals surface area contributed by atoms with E-state index < -0.39 is 28.5 Å². The highest BCUT2D eigenvalue weighted by Crippen LogP contribution is 2.24. The van der Waals surface area contributed by atoms with E-state index in [1.807, 2.05) is 86.6 Å². The predicted octanol–water partition coefficient (Wildman–Crippen LogP) is 5.60. The van der Waals surface area contributed by atoms with Crippen LogP contribution in [0.25, 0.3) is 0 Å². The number of ether oxygens (including phenoxy) is 2. The Labute approximate surface area is 278 Å². The first-order valence-electron chi connectivity index (χ1n) is 15.6. The molecular formula is C37H43N3O6S. The fraction of sp³-hybridized carbons (Fsp3) is 0.297. The second kappa shape index (κ2) is 16.6. The number of carbonyl (C=O) groups is 2. The van der Waals surface area contributed by atoms with Gasteiger partial charge in [-0.3, -0.25) is 13.9 Å². The number of hydrogen-bond donors (Lipinski definition) is 1. The molecule has 2 atom stereocenters. The summed E-state index contributed by atoms with van der Waals surface area (Å²) in [6.07, 6.45) is 2.01. The molecule has 0 spiro atoms. The first-order valence-corrected chi connectivity index (χ1v) is 17.4. The highest BCUT2D eigenvalue weighted by molar-refractivity contribution is 7.92. The molecule has 4 aromatic rings. The average Bonchev–Trinajstić information content (AvgIpc) is 3.08. The Morgan fingerprint density at radius 1 is 0.809 bits per heavy atom. The maximum Gasteiger partial charge on any atom is 0.244 e. The molecule has 0 radical (unpaired) electrons. The van der Waals surface area contributed by atoms with Crippen LogP contribution in [0.3, 0.4) is 0 Å². The molecule has 0 aliphatic rings. The van der Waals surface area contributed by atoms with Gasteiger partial charge in [-0.05, 0) is 66.4 Å². The number of rotatable bonds is 16. The number of nitrogens with one attached hydrogen (secondary N) is 1. The topological polar surface area (TPSA) is 105 Å². The van der Waals surface area contributed by atoms with Crippen LogP contribution in [0.1, 0.15) is 37.0 Å². The van der Waals surface area contributed by atoms with Crippen LogP contribution < -0.4 is 19.1 Å². The predicted molar refractivity (Wildman–Crippen MR) is 185 cm³/mol. The zero-order chi connectivity index (χ0) is 33.8. The molecule has 0 bridgehead atoms. The van der Waals surface area contributed by atoms with E-state index in [0.717, 1.165) is 27.3 Å². The molecule has 0 unspecified atom stereocenters. The first-order chi connectivity index (χ1) is 22.6. The third-order valence-electron chi connectivity index (χ3n) is 7.81. The lowest BCUT2D eigenvalue weighted by atomic mass is 10.0. The average molecular weight is 658 g/mol. The van der Waals surface area contributed by atoms with Crippen molar-refractivity contribution in [2.24, 2.45) is 0 Å². The Morgan fingerprint density at radius 3 is 2.02 bits per heavy atom. The monoisotopic (exact) mass is 657 g/mol. The summed E-state index contributed by atoms with van der Waals surface area (Å²) < 4.78 is 38.6. The van der Waals surface area contributed by atoms with Gasteiger partial charge in [0.25, 0.3) is 0 Å². The van der Waals surface area contributed by atoms with E-state index in [4.69, 9.17) is 9.47 Å². The van der Waals surface area contributed by atoms with Crippen LogP contribution in [0.15, 0.2) is 109 Å². The van der Waals surface area contributed by atoms with Crippen molar-refractivity contribution in [1.29, 1.82) is 0 Å². The number of methoxy groups -OCH3 is 1. The van der Waals surface area contributed by atoms with E-state index in [0.29, 0.717) is 30.2 Å². The van der Waals surface area contributed by atoms with Gasteiger partial charge in [0.15, 0.2) is 0 Å². The Kier molecular flexibility index (Phi) is 12.4. The fourth-order valence-electron chi connectivity index (χ4n) is 5.03. The molecule has 9 nitrogen and oxygen atoms in total. The van der Waals surface area contributed by atoms with Gasteiger partial charge in [0.1, 0.15) is 30.7 Å². The second-order valence-electron chi connectivity index (χ2n) is 11.4. The van der Waals surface area contributed by atoms with E-state index in [1.54, 1.807) is 43.5 Å². The molecule has 0 heterocycles. The summed E-state index contributed by atoms with van der Waals surface area (Å²) >= 11 is 0. The number of nitrogens with zero attached hydrogens (tertiary/aromatic N) is 2. The van der Waals surface area contributed by atoms with Gasteiger partial charge in [-0.15, -0.1) is 0 Å². The molecule has 10 heteroatoms. The number of amides is 2. The lowest BCUT2D eigenvalue weighted by Gasteiger charge is -2.34. The minimum Gasteiger partial charge on any atom is -0.497 e.